The van der Waals surface area contributed by atoms with Crippen LogP contribution >= 0.6 is 24.8 Å². The van der Waals surface area contributed by atoms with Crippen molar-refractivity contribution in [3.8, 4) is 0 Å². The lowest BCUT2D eigenvalue weighted by Crippen LogP contribution is -2.43. The van der Waals surface area contributed by atoms with E-state index in [1.54, 1.807) is 0 Å². The number of nitrogens with zero attached hydrogens (tertiary/aromatic N) is 1. The molecular formula is C17H29Cl2N3O2. The van der Waals surface area contributed by atoms with Gasteiger partial charge in [0, 0.05) is 26.1 Å². The summed E-state index contributed by atoms with van der Waals surface area (Å²) < 4.78 is 5.44. The number of hydrogen-bond donors (Lipinski definition) is 2. The van der Waals surface area contributed by atoms with Crippen molar-refractivity contribution in [2.75, 3.05) is 46.4 Å². The summed E-state index contributed by atoms with van der Waals surface area (Å²) in [6.45, 7) is 4.88. The summed E-state index contributed by atoms with van der Waals surface area (Å²) in [6.07, 6.45) is 1.45. The van der Waals surface area contributed by atoms with Gasteiger partial charge in [0.25, 0.3) is 0 Å². The Labute approximate surface area is 157 Å². The number of halogens is 2. The maximum atomic E-state index is 12.0. The number of morpholine rings is 1. The molecule has 1 fully saturated rings. The molecule has 1 atom stereocenters. The smallest absolute Gasteiger partial charge is 0.220 e. The van der Waals surface area contributed by atoms with E-state index < -0.39 is 0 Å². The van der Waals surface area contributed by atoms with Gasteiger partial charge in [-0.25, -0.2) is 0 Å². The van der Waals surface area contributed by atoms with Crippen molar-refractivity contribution in [2.45, 2.75) is 18.9 Å². The van der Waals surface area contributed by atoms with Gasteiger partial charge in [0.05, 0.1) is 19.3 Å². The number of carbonyl (C=O) groups excluding carboxylic acids is 1. The van der Waals surface area contributed by atoms with Gasteiger partial charge in [0.1, 0.15) is 0 Å². The largest absolute Gasteiger partial charge is 0.379 e. The van der Waals surface area contributed by atoms with E-state index in [2.05, 4.69) is 39.8 Å². The normalized spacial score (nSPS) is 15.7. The fourth-order valence-corrected chi connectivity index (χ4v) is 2.75. The minimum Gasteiger partial charge on any atom is -0.379 e. The molecule has 1 saturated heterocycles. The van der Waals surface area contributed by atoms with Gasteiger partial charge in [-0.15, -0.1) is 24.8 Å². The Hall–Kier alpha value is -0.850. The van der Waals surface area contributed by atoms with Gasteiger partial charge < -0.3 is 15.4 Å². The number of carbonyl (C=O) groups is 1. The molecule has 0 aromatic heterocycles. The number of ether oxygens (including phenoxy) is 1. The van der Waals surface area contributed by atoms with Crippen molar-refractivity contribution in [1.82, 2.24) is 15.5 Å². The molecule has 24 heavy (non-hydrogen) atoms. The van der Waals surface area contributed by atoms with Crippen LogP contribution in [0.4, 0.5) is 0 Å². The quantitative estimate of drug-likeness (QED) is 0.680. The van der Waals surface area contributed by atoms with E-state index >= 15 is 0 Å². The first kappa shape index (κ1) is 23.1. The molecule has 1 amide bonds. The van der Waals surface area contributed by atoms with E-state index in [0.717, 1.165) is 39.3 Å². The molecule has 1 aliphatic rings. The summed E-state index contributed by atoms with van der Waals surface area (Å²) in [5.41, 5.74) is 1.25. The van der Waals surface area contributed by atoms with Crippen molar-refractivity contribution in [2.24, 2.45) is 0 Å². The van der Waals surface area contributed by atoms with Crippen molar-refractivity contribution in [3.05, 3.63) is 35.9 Å². The maximum absolute atomic E-state index is 12.0. The summed E-state index contributed by atoms with van der Waals surface area (Å²) in [4.78, 5) is 14.3. The Bertz CT molecular complexity index is 443. The van der Waals surface area contributed by atoms with Crippen molar-refractivity contribution in [3.63, 3.8) is 0 Å². The highest BCUT2D eigenvalue weighted by Crippen LogP contribution is 2.21. The van der Waals surface area contributed by atoms with Crippen LogP contribution in [0.1, 0.15) is 24.4 Å². The highest BCUT2D eigenvalue weighted by molar-refractivity contribution is 5.85. The molecule has 0 radical (unpaired) electrons. The third-order valence-corrected chi connectivity index (χ3v) is 3.99. The van der Waals surface area contributed by atoms with Crippen molar-refractivity contribution >= 4 is 30.7 Å². The van der Waals surface area contributed by atoms with E-state index in [4.69, 9.17) is 4.74 Å². The lowest BCUT2D eigenvalue weighted by Gasteiger charge is -2.35. The monoisotopic (exact) mass is 377 g/mol. The highest BCUT2D eigenvalue weighted by Gasteiger charge is 2.22. The number of amides is 1. The molecule has 2 N–H and O–H groups in total. The van der Waals surface area contributed by atoms with Gasteiger partial charge >= 0.3 is 0 Å². The first-order valence-electron chi connectivity index (χ1n) is 8.09. The zero-order valence-corrected chi connectivity index (χ0v) is 15.8. The van der Waals surface area contributed by atoms with Gasteiger partial charge in [0.15, 0.2) is 0 Å². The Balaban J connectivity index is 0.00000264. The summed E-state index contributed by atoms with van der Waals surface area (Å²) in [5.74, 6) is 0.129. The zero-order chi connectivity index (χ0) is 15.6. The second-order valence-corrected chi connectivity index (χ2v) is 5.59. The SMILES string of the molecule is CNCCCC(=O)NCC(c1ccccc1)N1CCOCC1.Cl.Cl. The first-order valence-corrected chi connectivity index (χ1v) is 8.09. The standard InChI is InChI=1S/C17H27N3O2.2ClH/c1-18-9-5-8-17(21)19-14-16(15-6-3-2-4-7-15)20-10-12-22-13-11-20;;/h2-4,6-7,16,18H,5,8-14H2,1H3,(H,19,21);2*1H. The summed E-state index contributed by atoms with van der Waals surface area (Å²) in [6, 6.07) is 10.6. The third kappa shape index (κ3) is 7.81. The fraction of sp³-hybridized carbons (Fsp3) is 0.588. The van der Waals surface area contributed by atoms with Crippen LogP contribution < -0.4 is 10.6 Å². The van der Waals surface area contributed by atoms with Crippen LogP contribution in [0, 0.1) is 0 Å². The van der Waals surface area contributed by atoms with Crippen LogP contribution in [0.25, 0.3) is 0 Å². The molecule has 7 heteroatoms. The molecule has 2 rings (SSSR count). The van der Waals surface area contributed by atoms with E-state index in [1.165, 1.54) is 5.56 Å². The first-order chi connectivity index (χ1) is 10.8. The minimum atomic E-state index is 0. The fourth-order valence-electron chi connectivity index (χ4n) is 2.75. The van der Waals surface area contributed by atoms with Gasteiger partial charge in [0.2, 0.25) is 5.91 Å². The molecule has 138 valence electrons. The molecular weight excluding hydrogens is 349 g/mol. The molecule has 1 aromatic carbocycles. The Kier molecular flexibility index (Phi) is 13.0. The van der Waals surface area contributed by atoms with Gasteiger partial charge in [-0.3, -0.25) is 9.69 Å². The Morgan fingerprint density at radius 1 is 1.21 bits per heavy atom. The Morgan fingerprint density at radius 2 is 1.88 bits per heavy atom. The van der Waals surface area contributed by atoms with E-state index in [1.807, 2.05) is 13.1 Å². The predicted molar refractivity (Wildman–Crippen MR) is 102 cm³/mol. The molecule has 1 aromatic rings. The number of nitrogens with one attached hydrogen (secondary N) is 2. The Morgan fingerprint density at radius 3 is 2.50 bits per heavy atom. The molecule has 1 heterocycles. The highest BCUT2D eigenvalue weighted by atomic mass is 35.5. The van der Waals surface area contributed by atoms with Crippen LogP contribution in [0.2, 0.25) is 0 Å². The molecule has 5 nitrogen and oxygen atoms in total. The lowest BCUT2D eigenvalue weighted by atomic mass is 10.0. The number of hydrogen-bond acceptors (Lipinski definition) is 4. The van der Waals surface area contributed by atoms with E-state index in [-0.39, 0.29) is 36.8 Å². The van der Waals surface area contributed by atoms with Crippen LogP contribution in [-0.2, 0) is 9.53 Å². The lowest BCUT2D eigenvalue weighted by molar-refractivity contribution is -0.121. The van der Waals surface area contributed by atoms with E-state index in [9.17, 15) is 4.79 Å². The van der Waals surface area contributed by atoms with Crippen LogP contribution in [0.3, 0.4) is 0 Å². The molecule has 0 spiro atoms. The van der Waals surface area contributed by atoms with Crippen LogP contribution in [-0.4, -0.2) is 57.2 Å². The van der Waals surface area contributed by atoms with Crippen LogP contribution in [0.15, 0.2) is 30.3 Å². The van der Waals surface area contributed by atoms with Crippen LogP contribution in [0.5, 0.6) is 0 Å². The number of benzene rings is 1. The van der Waals surface area contributed by atoms with Gasteiger partial charge in [-0.05, 0) is 25.6 Å². The molecule has 1 aliphatic heterocycles. The maximum Gasteiger partial charge on any atom is 0.220 e. The van der Waals surface area contributed by atoms with Gasteiger partial charge in [-0.1, -0.05) is 30.3 Å². The van der Waals surface area contributed by atoms with E-state index in [0.29, 0.717) is 13.0 Å². The molecule has 0 aliphatic carbocycles. The second-order valence-electron chi connectivity index (χ2n) is 5.59. The van der Waals surface area contributed by atoms with Crippen molar-refractivity contribution < 1.29 is 9.53 Å². The minimum absolute atomic E-state index is 0. The average Bonchev–Trinajstić information content (AvgIpc) is 2.57. The summed E-state index contributed by atoms with van der Waals surface area (Å²) in [5, 5.41) is 6.15. The second kappa shape index (κ2) is 13.4. The average molecular weight is 378 g/mol. The summed E-state index contributed by atoms with van der Waals surface area (Å²) >= 11 is 0. The molecule has 0 bridgehead atoms. The molecule has 1 unspecified atom stereocenters. The topological polar surface area (TPSA) is 53.6 Å². The van der Waals surface area contributed by atoms with Crippen molar-refractivity contribution in [1.29, 1.82) is 0 Å². The third-order valence-electron chi connectivity index (χ3n) is 3.99. The predicted octanol–water partition coefficient (Wildman–Crippen LogP) is 2.02. The molecule has 0 saturated carbocycles. The zero-order valence-electron chi connectivity index (χ0n) is 14.2. The number of rotatable bonds is 8. The summed E-state index contributed by atoms with van der Waals surface area (Å²) in [7, 11) is 1.90. The van der Waals surface area contributed by atoms with Gasteiger partial charge in [-0.2, -0.15) is 0 Å².